The van der Waals surface area contributed by atoms with E-state index in [1.54, 1.807) is 16.8 Å². The molecule has 26 heavy (non-hydrogen) atoms. The van der Waals surface area contributed by atoms with Crippen LogP contribution in [0, 0.1) is 0 Å². The van der Waals surface area contributed by atoms with Crippen LogP contribution in [0.4, 0.5) is 0 Å². The Hall–Kier alpha value is -2.70. The van der Waals surface area contributed by atoms with Crippen molar-refractivity contribution < 1.29 is 0 Å². The van der Waals surface area contributed by atoms with Gasteiger partial charge in [0.2, 0.25) is 0 Å². The molecule has 2 aromatic carbocycles. The topological polar surface area (TPSA) is 65.6 Å². The number of nitrogens with zero attached hydrogens (tertiary/aromatic N) is 5. The van der Waals surface area contributed by atoms with Gasteiger partial charge in [-0.05, 0) is 23.3 Å². The van der Waals surface area contributed by atoms with E-state index in [0.29, 0.717) is 28.8 Å². The summed E-state index contributed by atoms with van der Waals surface area (Å²) >= 11 is 12.0. The normalized spacial score (nSPS) is 11.2. The van der Waals surface area contributed by atoms with Gasteiger partial charge in [-0.2, -0.15) is 0 Å². The lowest BCUT2D eigenvalue weighted by Gasteiger charge is -2.07. The first-order valence-electron chi connectivity index (χ1n) is 7.88. The van der Waals surface area contributed by atoms with E-state index in [9.17, 15) is 4.79 Å². The number of halogens is 2. The molecule has 6 nitrogen and oxygen atoms in total. The molecule has 4 aromatic rings. The van der Waals surface area contributed by atoms with E-state index in [-0.39, 0.29) is 11.1 Å². The van der Waals surface area contributed by atoms with Gasteiger partial charge in [0.05, 0.1) is 23.1 Å². The lowest BCUT2D eigenvalue weighted by molar-refractivity contribution is 0.663. The van der Waals surface area contributed by atoms with Crippen molar-refractivity contribution in [3.63, 3.8) is 0 Å². The van der Waals surface area contributed by atoms with Crippen LogP contribution in [0.3, 0.4) is 0 Å². The first kappa shape index (κ1) is 16.8. The molecule has 2 aromatic heterocycles. The molecule has 0 aliphatic heterocycles. The zero-order valence-corrected chi connectivity index (χ0v) is 15.0. The molecule has 0 fully saturated rings. The Kier molecular flexibility index (Phi) is 4.44. The summed E-state index contributed by atoms with van der Waals surface area (Å²) in [7, 11) is 0. The second-order valence-electron chi connectivity index (χ2n) is 5.83. The van der Waals surface area contributed by atoms with Gasteiger partial charge in [0.1, 0.15) is 6.33 Å². The van der Waals surface area contributed by atoms with Crippen LogP contribution < -0.4 is 5.56 Å². The Morgan fingerprint density at radius 2 is 1.73 bits per heavy atom. The quantitative estimate of drug-likeness (QED) is 0.539. The van der Waals surface area contributed by atoms with Crippen LogP contribution in [0.2, 0.25) is 10.0 Å². The van der Waals surface area contributed by atoms with Gasteiger partial charge in [-0.25, -0.2) is 9.67 Å². The molecule has 0 radical (unpaired) electrons. The third-order valence-corrected chi connectivity index (χ3v) is 4.74. The van der Waals surface area contributed by atoms with Gasteiger partial charge in [0.15, 0.2) is 11.2 Å². The minimum atomic E-state index is -0.250. The third kappa shape index (κ3) is 3.21. The van der Waals surface area contributed by atoms with E-state index >= 15 is 0 Å². The summed E-state index contributed by atoms with van der Waals surface area (Å²) in [6, 6.07) is 15.1. The van der Waals surface area contributed by atoms with Crippen molar-refractivity contribution in [2.75, 3.05) is 0 Å². The summed E-state index contributed by atoms with van der Waals surface area (Å²) < 4.78 is 3.10. The lowest BCUT2D eigenvalue weighted by atomic mass is 10.2. The van der Waals surface area contributed by atoms with Gasteiger partial charge in [-0.15, -0.1) is 5.10 Å². The molecule has 8 heteroatoms. The number of rotatable bonds is 4. The van der Waals surface area contributed by atoms with Crippen molar-refractivity contribution in [3.05, 3.63) is 86.4 Å². The van der Waals surface area contributed by atoms with Crippen LogP contribution in [-0.2, 0) is 13.1 Å². The fraction of sp³-hybridized carbons (Fsp3) is 0.111. The molecule has 0 spiro atoms. The highest BCUT2D eigenvalue weighted by atomic mass is 35.5. The van der Waals surface area contributed by atoms with Crippen LogP contribution in [0.5, 0.6) is 0 Å². The molecule has 0 aliphatic rings. The Labute approximate surface area is 158 Å². The second kappa shape index (κ2) is 6.90. The third-order valence-electron chi connectivity index (χ3n) is 4.00. The van der Waals surface area contributed by atoms with Gasteiger partial charge in [-0.3, -0.25) is 9.36 Å². The molecule has 0 N–H and O–H groups in total. The zero-order valence-electron chi connectivity index (χ0n) is 13.5. The monoisotopic (exact) mass is 385 g/mol. The fourth-order valence-corrected chi connectivity index (χ4v) is 3.02. The van der Waals surface area contributed by atoms with E-state index < -0.39 is 0 Å². The van der Waals surface area contributed by atoms with Gasteiger partial charge < -0.3 is 0 Å². The SMILES string of the molecule is O=c1c2nnn(Cc3ccccc3)c2ncn1Cc1ccc(Cl)c(Cl)c1. The number of hydrogen-bond donors (Lipinski definition) is 0. The number of benzene rings is 2. The van der Waals surface area contributed by atoms with E-state index in [0.717, 1.165) is 11.1 Å². The maximum atomic E-state index is 12.7. The van der Waals surface area contributed by atoms with Gasteiger partial charge >= 0.3 is 0 Å². The van der Waals surface area contributed by atoms with Crippen LogP contribution >= 0.6 is 23.2 Å². The molecular weight excluding hydrogens is 373 g/mol. The molecule has 0 saturated heterocycles. The van der Waals surface area contributed by atoms with Gasteiger partial charge in [0, 0.05) is 0 Å². The lowest BCUT2D eigenvalue weighted by Crippen LogP contribution is -2.21. The summed E-state index contributed by atoms with van der Waals surface area (Å²) in [5.41, 5.74) is 2.36. The zero-order chi connectivity index (χ0) is 18.1. The molecule has 2 heterocycles. The molecule has 4 rings (SSSR count). The van der Waals surface area contributed by atoms with Crippen molar-refractivity contribution in [1.29, 1.82) is 0 Å². The predicted molar refractivity (Wildman–Crippen MR) is 101 cm³/mol. The van der Waals surface area contributed by atoms with Crippen molar-refractivity contribution in [3.8, 4) is 0 Å². The average molecular weight is 386 g/mol. The van der Waals surface area contributed by atoms with Crippen LogP contribution in [0.25, 0.3) is 11.2 Å². The van der Waals surface area contributed by atoms with E-state index in [4.69, 9.17) is 23.2 Å². The van der Waals surface area contributed by atoms with Crippen molar-refractivity contribution >= 4 is 34.4 Å². The standard InChI is InChI=1S/C18H13Cl2N5O/c19-14-7-6-13(8-15(14)20)9-24-11-21-17-16(18(24)26)22-23-25(17)10-12-4-2-1-3-5-12/h1-8,11H,9-10H2. The maximum absolute atomic E-state index is 12.7. The molecule has 0 saturated carbocycles. The first-order valence-corrected chi connectivity index (χ1v) is 8.64. The van der Waals surface area contributed by atoms with E-state index in [2.05, 4.69) is 15.3 Å². The van der Waals surface area contributed by atoms with Crippen molar-refractivity contribution in [2.45, 2.75) is 13.1 Å². The smallest absolute Gasteiger partial charge is 0.283 e. The second-order valence-corrected chi connectivity index (χ2v) is 6.65. The molecule has 0 atom stereocenters. The Bertz CT molecular complexity index is 1140. The van der Waals surface area contributed by atoms with Gasteiger partial charge in [-0.1, -0.05) is 64.8 Å². The molecular formula is C18H13Cl2N5O. The molecule has 130 valence electrons. The predicted octanol–water partition coefficient (Wildman–Crippen LogP) is 3.39. The van der Waals surface area contributed by atoms with Crippen LogP contribution in [0.1, 0.15) is 11.1 Å². The summed E-state index contributed by atoms with van der Waals surface area (Å²) in [6.45, 7) is 0.824. The minimum absolute atomic E-state index is 0.239. The van der Waals surface area contributed by atoms with E-state index in [1.807, 2.05) is 36.4 Å². The largest absolute Gasteiger partial charge is 0.293 e. The summed E-state index contributed by atoms with van der Waals surface area (Å²) in [6.07, 6.45) is 1.50. The number of hydrogen-bond acceptors (Lipinski definition) is 4. The van der Waals surface area contributed by atoms with Crippen LogP contribution in [0.15, 0.2) is 59.7 Å². The summed E-state index contributed by atoms with van der Waals surface area (Å²) in [4.78, 5) is 17.1. The molecule has 0 unspecified atom stereocenters. The Balaban J connectivity index is 1.67. The minimum Gasteiger partial charge on any atom is -0.293 e. The highest BCUT2D eigenvalue weighted by Crippen LogP contribution is 2.22. The molecule has 0 amide bonds. The maximum Gasteiger partial charge on any atom is 0.283 e. The summed E-state index contributed by atoms with van der Waals surface area (Å²) in [5, 5.41) is 9.01. The van der Waals surface area contributed by atoms with E-state index in [1.165, 1.54) is 10.9 Å². The van der Waals surface area contributed by atoms with Crippen molar-refractivity contribution in [2.24, 2.45) is 0 Å². The molecule has 0 bridgehead atoms. The fourth-order valence-electron chi connectivity index (χ4n) is 2.70. The Morgan fingerprint density at radius 1 is 0.923 bits per heavy atom. The van der Waals surface area contributed by atoms with Crippen LogP contribution in [-0.4, -0.2) is 24.5 Å². The van der Waals surface area contributed by atoms with Crippen molar-refractivity contribution in [1.82, 2.24) is 24.5 Å². The van der Waals surface area contributed by atoms with Gasteiger partial charge in [0.25, 0.3) is 5.56 Å². The summed E-state index contributed by atoms with van der Waals surface area (Å²) in [5.74, 6) is 0. The number of fused-ring (bicyclic) bond motifs is 1. The number of aromatic nitrogens is 5. The first-order chi connectivity index (χ1) is 12.6. The highest BCUT2D eigenvalue weighted by molar-refractivity contribution is 6.42. The average Bonchev–Trinajstić information content (AvgIpc) is 3.05. The Morgan fingerprint density at radius 3 is 2.50 bits per heavy atom. The highest BCUT2D eigenvalue weighted by Gasteiger charge is 2.13. The molecule has 0 aliphatic carbocycles.